The van der Waals surface area contributed by atoms with Gasteiger partial charge in [0.15, 0.2) is 0 Å². The lowest BCUT2D eigenvalue weighted by Gasteiger charge is -2.27. The highest BCUT2D eigenvalue weighted by atomic mass is 15.3. The lowest BCUT2D eigenvalue weighted by molar-refractivity contribution is 0.299. The minimum atomic E-state index is 0.719. The third kappa shape index (κ3) is 1.76. The maximum atomic E-state index is 4.70. The van der Waals surface area contributed by atoms with Crippen molar-refractivity contribution in [2.24, 2.45) is 5.92 Å². The summed E-state index contributed by atoms with van der Waals surface area (Å²) in [6, 6.07) is 8.40. The van der Waals surface area contributed by atoms with Crippen LogP contribution < -0.4 is 5.32 Å². The van der Waals surface area contributed by atoms with Crippen LogP contribution in [0, 0.1) is 5.92 Å². The summed E-state index contributed by atoms with van der Waals surface area (Å²) in [5, 5.41) is 9.22. The first-order chi connectivity index (χ1) is 8.25. The molecule has 0 unspecified atom stereocenters. The highest BCUT2D eigenvalue weighted by molar-refractivity contribution is 5.89. The van der Waals surface area contributed by atoms with E-state index in [9.17, 15) is 0 Å². The maximum Gasteiger partial charge on any atom is 0.0952 e. The third-order valence-corrected chi connectivity index (χ3v) is 3.36. The van der Waals surface area contributed by atoms with Gasteiger partial charge in [-0.3, -0.25) is 4.68 Å². The van der Waals surface area contributed by atoms with E-state index in [4.69, 9.17) is 5.10 Å². The van der Waals surface area contributed by atoms with Crippen LogP contribution in [-0.2, 0) is 6.54 Å². The van der Waals surface area contributed by atoms with Crippen LogP contribution in [0.1, 0.15) is 12.6 Å². The van der Waals surface area contributed by atoms with Crippen LogP contribution in [0.15, 0.2) is 30.8 Å². The van der Waals surface area contributed by atoms with Gasteiger partial charge in [-0.1, -0.05) is 24.8 Å². The fourth-order valence-corrected chi connectivity index (χ4v) is 2.30. The van der Waals surface area contributed by atoms with Gasteiger partial charge in [-0.15, -0.1) is 0 Å². The quantitative estimate of drug-likeness (QED) is 0.872. The molecule has 1 saturated heterocycles. The topological polar surface area (TPSA) is 29.9 Å². The summed E-state index contributed by atoms with van der Waals surface area (Å²) >= 11 is 0. The Labute approximate surface area is 101 Å². The van der Waals surface area contributed by atoms with Gasteiger partial charge in [0, 0.05) is 30.9 Å². The Kier molecular flexibility index (Phi) is 2.48. The van der Waals surface area contributed by atoms with Crippen LogP contribution in [-0.4, -0.2) is 22.9 Å². The largest absolute Gasteiger partial charge is 0.316 e. The van der Waals surface area contributed by atoms with Crippen LogP contribution in [0.4, 0.5) is 0 Å². The van der Waals surface area contributed by atoms with Crippen LogP contribution in [0.3, 0.4) is 0 Å². The molecule has 1 aliphatic rings. The number of hydrogen-bond acceptors (Lipinski definition) is 2. The Morgan fingerprint density at radius 3 is 2.88 bits per heavy atom. The Balaban J connectivity index is 2.07. The summed E-state index contributed by atoms with van der Waals surface area (Å²) in [4.78, 5) is 0. The number of allylic oxidation sites excluding steroid dienone is 1. The molecule has 88 valence electrons. The van der Waals surface area contributed by atoms with Gasteiger partial charge in [0.05, 0.1) is 11.2 Å². The highest BCUT2D eigenvalue weighted by Gasteiger charge is 2.19. The predicted octanol–water partition coefficient (Wildman–Crippen LogP) is 2.29. The molecule has 1 aromatic carbocycles. The van der Waals surface area contributed by atoms with E-state index in [-0.39, 0.29) is 0 Å². The van der Waals surface area contributed by atoms with E-state index in [0.29, 0.717) is 0 Å². The zero-order chi connectivity index (χ0) is 11.8. The second-order valence-corrected chi connectivity index (χ2v) is 4.85. The van der Waals surface area contributed by atoms with Gasteiger partial charge in [0.1, 0.15) is 0 Å². The summed E-state index contributed by atoms with van der Waals surface area (Å²) in [6.45, 7) is 9.25. The van der Waals surface area contributed by atoms with Crippen LogP contribution in [0.25, 0.3) is 16.5 Å². The second kappa shape index (κ2) is 4.00. The summed E-state index contributed by atoms with van der Waals surface area (Å²) in [6.07, 6.45) is 0. The van der Waals surface area contributed by atoms with Crippen molar-refractivity contribution in [1.29, 1.82) is 0 Å². The van der Waals surface area contributed by atoms with Crippen molar-refractivity contribution in [2.45, 2.75) is 13.5 Å². The van der Waals surface area contributed by atoms with E-state index >= 15 is 0 Å². The van der Waals surface area contributed by atoms with E-state index < -0.39 is 0 Å². The number of fused-ring (bicyclic) bond motifs is 1. The zero-order valence-corrected chi connectivity index (χ0v) is 10.1. The van der Waals surface area contributed by atoms with E-state index in [1.54, 1.807) is 0 Å². The molecule has 3 rings (SSSR count). The Hall–Kier alpha value is -1.61. The van der Waals surface area contributed by atoms with E-state index in [1.807, 2.05) is 6.92 Å². The fraction of sp³-hybridized carbons (Fsp3) is 0.357. The fourth-order valence-electron chi connectivity index (χ4n) is 2.30. The van der Waals surface area contributed by atoms with E-state index in [1.165, 1.54) is 10.9 Å². The first-order valence-corrected chi connectivity index (χ1v) is 6.08. The van der Waals surface area contributed by atoms with Crippen LogP contribution in [0.5, 0.6) is 0 Å². The average Bonchev–Trinajstić information content (AvgIpc) is 2.63. The lowest BCUT2D eigenvalue weighted by Crippen LogP contribution is -2.44. The Morgan fingerprint density at radius 1 is 1.47 bits per heavy atom. The van der Waals surface area contributed by atoms with Crippen molar-refractivity contribution < 1.29 is 0 Å². The van der Waals surface area contributed by atoms with Crippen molar-refractivity contribution >= 4 is 16.5 Å². The molecular weight excluding hydrogens is 210 g/mol. The number of nitrogens with zero attached hydrogens (tertiary/aromatic N) is 2. The smallest absolute Gasteiger partial charge is 0.0952 e. The molecule has 3 nitrogen and oxygen atoms in total. The number of aromatic nitrogens is 2. The number of hydrogen-bond donors (Lipinski definition) is 1. The van der Waals surface area contributed by atoms with Gasteiger partial charge in [0.2, 0.25) is 0 Å². The monoisotopic (exact) mass is 227 g/mol. The SMILES string of the molecule is C=C(C)c1nn(CC2CNC2)c2ccccc12. The molecule has 2 aromatic rings. The molecular formula is C14H17N3. The number of nitrogens with one attached hydrogen (secondary N) is 1. The standard InChI is InChI=1S/C14H17N3/c1-10(2)14-12-5-3-4-6-13(12)17(16-14)9-11-7-15-8-11/h3-6,11,15H,1,7-9H2,2H3. The third-order valence-electron chi connectivity index (χ3n) is 3.36. The summed E-state index contributed by atoms with van der Waals surface area (Å²) in [7, 11) is 0. The first-order valence-electron chi connectivity index (χ1n) is 6.08. The van der Waals surface area contributed by atoms with Crippen LogP contribution >= 0.6 is 0 Å². The van der Waals surface area contributed by atoms with Gasteiger partial charge in [-0.05, 0) is 18.6 Å². The minimum absolute atomic E-state index is 0.719. The van der Waals surface area contributed by atoms with Crippen molar-refractivity contribution in [3.63, 3.8) is 0 Å². The predicted molar refractivity (Wildman–Crippen MR) is 70.8 cm³/mol. The molecule has 0 amide bonds. The van der Waals surface area contributed by atoms with E-state index in [0.717, 1.165) is 36.8 Å². The Bertz CT molecular complexity index is 564. The molecule has 2 heterocycles. The van der Waals surface area contributed by atoms with Gasteiger partial charge >= 0.3 is 0 Å². The molecule has 1 N–H and O–H groups in total. The Morgan fingerprint density at radius 2 is 2.24 bits per heavy atom. The summed E-state index contributed by atoms with van der Waals surface area (Å²) < 4.78 is 2.13. The van der Waals surface area contributed by atoms with Gasteiger partial charge < -0.3 is 5.32 Å². The number of para-hydroxylation sites is 1. The molecule has 1 aliphatic heterocycles. The molecule has 0 atom stereocenters. The van der Waals surface area contributed by atoms with Crippen molar-refractivity contribution in [1.82, 2.24) is 15.1 Å². The first kappa shape index (κ1) is 10.5. The number of benzene rings is 1. The summed E-state index contributed by atoms with van der Waals surface area (Å²) in [5.74, 6) is 0.719. The molecule has 0 saturated carbocycles. The molecule has 0 spiro atoms. The normalized spacial score (nSPS) is 16.1. The molecule has 1 fully saturated rings. The molecule has 1 aromatic heterocycles. The van der Waals surface area contributed by atoms with Gasteiger partial charge in [-0.2, -0.15) is 5.10 Å². The van der Waals surface area contributed by atoms with Crippen molar-refractivity contribution in [3.8, 4) is 0 Å². The van der Waals surface area contributed by atoms with Crippen LogP contribution in [0.2, 0.25) is 0 Å². The maximum absolute atomic E-state index is 4.70. The molecule has 0 radical (unpaired) electrons. The lowest BCUT2D eigenvalue weighted by atomic mass is 10.0. The molecule has 0 aliphatic carbocycles. The van der Waals surface area contributed by atoms with Gasteiger partial charge in [0.25, 0.3) is 0 Å². The molecule has 0 bridgehead atoms. The van der Waals surface area contributed by atoms with Gasteiger partial charge in [-0.25, -0.2) is 0 Å². The second-order valence-electron chi connectivity index (χ2n) is 4.85. The van der Waals surface area contributed by atoms with E-state index in [2.05, 4.69) is 40.8 Å². The van der Waals surface area contributed by atoms with Crippen molar-refractivity contribution in [2.75, 3.05) is 13.1 Å². The average molecular weight is 227 g/mol. The number of rotatable bonds is 3. The zero-order valence-electron chi connectivity index (χ0n) is 10.1. The molecule has 17 heavy (non-hydrogen) atoms. The highest BCUT2D eigenvalue weighted by Crippen LogP contribution is 2.24. The minimum Gasteiger partial charge on any atom is -0.316 e. The van der Waals surface area contributed by atoms with Crippen molar-refractivity contribution in [3.05, 3.63) is 36.5 Å². The molecule has 3 heteroatoms. The summed E-state index contributed by atoms with van der Waals surface area (Å²) in [5.41, 5.74) is 3.29.